The summed E-state index contributed by atoms with van der Waals surface area (Å²) in [6.07, 6.45) is 0. The molecule has 2 atom stereocenters. The number of rotatable bonds is 6. The van der Waals surface area contributed by atoms with Gasteiger partial charge in [-0.25, -0.2) is 8.42 Å². The highest BCUT2D eigenvalue weighted by Crippen LogP contribution is 2.41. The van der Waals surface area contributed by atoms with E-state index in [-0.39, 0.29) is 5.56 Å². The van der Waals surface area contributed by atoms with Gasteiger partial charge in [0, 0.05) is 16.4 Å². The maximum atomic E-state index is 15.3. The molecule has 2 rings (SSSR count). The lowest BCUT2D eigenvalue weighted by molar-refractivity contribution is 0.0553. The van der Waals surface area contributed by atoms with Crippen LogP contribution in [0.1, 0.15) is 32.4 Å². The third-order valence-electron chi connectivity index (χ3n) is 3.73. The average Bonchev–Trinajstić information content (AvgIpc) is 2.60. The van der Waals surface area contributed by atoms with E-state index in [4.69, 9.17) is 11.6 Å². The van der Waals surface area contributed by atoms with Crippen LogP contribution < -0.4 is 4.72 Å². The maximum absolute atomic E-state index is 15.3. The predicted octanol–water partition coefficient (Wildman–Crippen LogP) is 4.50. The molecule has 148 valence electrons. The van der Waals surface area contributed by atoms with E-state index in [1.165, 1.54) is 42.5 Å². The molecule has 2 aromatic rings. The first kappa shape index (κ1) is 22.1. The summed E-state index contributed by atoms with van der Waals surface area (Å²) in [5.41, 5.74) is -0.0403. The second-order valence-electron chi connectivity index (χ2n) is 6.86. The second-order valence-corrected chi connectivity index (χ2v) is 11.3. The molecule has 0 bridgehead atoms. The minimum atomic E-state index is -5.05. The summed E-state index contributed by atoms with van der Waals surface area (Å²) >= 11 is 3.87. The second kappa shape index (κ2) is 8.05. The van der Waals surface area contributed by atoms with Crippen molar-refractivity contribution in [2.45, 2.75) is 41.7 Å². The van der Waals surface area contributed by atoms with Crippen LogP contribution in [-0.4, -0.2) is 23.0 Å². The summed E-state index contributed by atoms with van der Waals surface area (Å²) < 4.78 is 69.7. The number of hydrogen-bond donors (Lipinski definition) is 1. The van der Waals surface area contributed by atoms with Crippen molar-refractivity contribution in [1.82, 2.24) is 4.72 Å². The number of hydrogen-bond acceptors (Lipinski definition) is 4. The first-order valence-electron chi connectivity index (χ1n) is 7.98. The van der Waals surface area contributed by atoms with E-state index in [1.807, 2.05) is 0 Å². The van der Waals surface area contributed by atoms with Crippen LogP contribution in [0.3, 0.4) is 0 Å². The highest BCUT2D eigenvalue weighted by Gasteiger charge is 2.56. The van der Waals surface area contributed by atoms with Gasteiger partial charge in [0.1, 0.15) is 4.75 Å². The number of nitrogens with one attached hydrogen (secondary N) is 1. The SMILES string of the molecule is CC(C)(C)[S@+]([O-])N[C@@H](c1ccc(Cl)cc1)C(F)(F)S(=O)(=O)c1ccccc1. The fourth-order valence-corrected chi connectivity index (χ4v) is 4.57. The zero-order valence-corrected chi connectivity index (χ0v) is 17.3. The molecule has 0 amide bonds. The van der Waals surface area contributed by atoms with Crippen molar-refractivity contribution in [2.75, 3.05) is 0 Å². The van der Waals surface area contributed by atoms with Crippen LogP contribution in [0.25, 0.3) is 0 Å². The molecular formula is C18H20ClF2NO3S2. The van der Waals surface area contributed by atoms with Gasteiger partial charge in [0.15, 0.2) is 6.04 Å². The molecular weight excluding hydrogens is 416 g/mol. The number of alkyl halides is 2. The minimum Gasteiger partial charge on any atom is -0.598 e. The summed E-state index contributed by atoms with van der Waals surface area (Å²) in [6, 6.07) is 9.74. The highest BCUT2D eigenvalue weighted by molar-refractivity contribution is 7.93. The van der Waals surface area contributed by atoms with Gasteiger partial charge in [-0.2, -0.15) is 8.78 Å². The molecule has 0 aliphatic heterocycles. The van der Waals surface area contributed by atoms with Crippen molar-refractivity contribution >= 4 is 32.8 Å². The van der Waals surface area contributed by atoms with Crippen molar-refractivity contribution in [3.8, 4) is 0 Å². The molecule has 0 aromatic heterocycles. The van der Waals surface area contributed by atoms with Crippen molar-refractivity contribution in [1.29, 1.82) is 0 Å². The fourth-order valence-electron chi connectivity index (χ4n) is 2.18. The van der Waals surface area contributed by atoms with Crippen LogP contribution >= 0.6 is 11.6 Å². The Labute approximate surface area is 166 Å². The number of benzene rings is 2. The lowest BCUT2D eigenvalue weighted by Gasteiger charge is -2.32. The summed E-state index contributed by atoms with van der Waals surface area (Å²) in [7, 11) is -5.05. The Morgan fingerprint density at radius 3 is 2.04 bits per heavy atom. The Hall–Kier alpha value is -1.19. The standard InChI is InChI=1S/C18H20ClF2NO3S2/c1-17(2,3)26(23)22-16(13-9-11-14(19)12-10-13)18(20,21)27(24,25)15-7-5-4-6-8-15/h4-12,16,22H,1-3H3/t16-,26-/m0/s1. The summed E-state index contributed by atoms with van der Waals surface area (Å²) in [5.74, 6) is 0. The smallest absolute Gasteiger partial charge is 0.373 e. The van der Waals surface area contributed by atoms with Crippen LogP contribution in [-0.2, 0) is 21.2 Å². The molecule has 0 saturated heterocycles. The van der Waals surface area contributed by atoms with Crippen LogP contribution in [0.15, 0.2) is 59.5 Å². The molecule has 0 heterocycles. The van der Waals surface area contributed by atoms with E-state index in [9.17, 15) is 13.0 Å². The molecule has 1 N–H and O–H groups in total. The molecule has 0 aliphatic carbocycles. The van der Waals surface area contributed by atoms with E-state index in [0.29, 0.717) is 5.02 Å². The van der Waals surface area contributed by atoms with Crippen LogP contribution in [0.4, 0.5) is 8.78 Å². The number of halogens is 3. The molecule has 9 heteroatoms. The highest BCUT2D eigenvalue weighted by atomic mass is 35.5. The Bertz CT molecular complexity index is 870. The van der Waals surface area contributed by atoms with Gasteiger partial charge in [0.2, 0.25) is 9.84 Å². The largest absolute Gasteiger partial charge is 0.598 e. The lowest BCUT2D eigenvalue weighted by atomic mass is 10.1. The van der Waals surface area contributed by atoms with Gasteiger partial charge < -0.3 is 4.55 Å². The maximum Gasteiger partial charge on any atom is 0.373 e. The van der Waals surface area contributed by atoms with Gasteiger partial charge in [-0.1, -0.05) is 41.9 Å². The van der Waals surface area contributed by atoms with Gasteiger partial charge in [0.25, 0.3) is 0 Å². The quantitative estimate of drug-likeness (QED) is 0.678. The first-order chi connectivity index (χ1) is 12.4. The third kappa shape index (κ3) is 4.81. The average molecular weight is 436 g/mol. The Balaban J connectivity index is 2.55. The van der Waals surface area contributed by atoms with Gasteiger partial charge in [-0.15, -0.1) is 4.72 Å². The van der Waals surface area contributed by atoms with Crippen molar-refractivity contribution in [3.63, 3.8) is 0 Å². The zero-order valence-electron chi connectivity index (χ0n) is 14.9. The summed E-state index contributed by atoms with van der Waals surface area (Å²) in [6.45, 7) is 4.79. The van der Waals surface area contributed by atoms with Gasteiger partial charge in [-0.3, -0.25) is 0 Å². The van der Waals surface area contributed by atoms with Crippen LogP contribution in [0, 0.1) is 0 Å². The topological polar surface area (TPSA) is 69.2 Å². The first-order valence-corrected chi connectivity index (χ1v) is 11.0. The molecule has 0 aliphatic rings. The van der Waals surface area contributed by atoms with E-state index in [1.54, 1.807) is 20.8 Å². The zero-order chi connectivity index (χ0) is 20.5. The van der Waals surface area contributed by atoms with Crippen molar-refractivity contribution in [3.05, 3.63) is 65.2 Å². The van der Waals surface area contributed by atoms with Crippen molar-refractivity contribution < 1.29 is 21.8 Å². The summed E-state index contributed by atoms with van der Waals surface area (Å²) in [4.78, 5) is -0.516. The lowest BCUT2D eigenvalue weighted by Crippen LogP contribution is -2.49. The van der Waals surface area contributed by atoms with Crippen LogP contribution in [0.2, 0.25) is 5.02 Å². The molecule has 4 nitrogen and oxygen atoms in total. The molecule has 0 spiro atoms. The van der Waals surface area contributed by atoms with E-state index >= 15 is 8.78 Å². The van der Waals surface area contributed by atoms with Crippen molar-refractivity contribution in [2.24, 2.45) is 0 Å². The van der Waals surface area contributed by atoms with E-state index in [2.05, 4.69) is 4.72 Å². The molecule has 0 saturated carbocycles. The normalized spacial score (nSPS) is 15.4. The molecule has 2 aromatic carbocycles. The van der Waals surface area contributed by atoms with E-state index in [0.717, 1.165) is 12.1 Å². The Morgan fingerprint density at radius 1 is 1.04 bits per heavy atom. The van der Waals surface area contributed by atoms with Crippen LogP contribution in [0.5, 0.6) is 0 Å². The van der Waals surface area contributed by atoms with Gasteiger partial charge in [-0.05, 0) is 50.6 Å². The Kier molecular flexibility index (Phi) is 6.59. The third-order valence-corrected chi connectivity index (χ3v) is 7.39. The fraction of sp³-hybridized carbons (Fsp3) is 0.333. The molecule has 27 heavy (non-hydrogen) atoms. The molecule has 0 unspecified atom stereocenters. The van der Waals surface area contributed by atoms with Gasteiger partial charge >= 0.3 is 5.25 Å². The minimum absolute atomic E-state index is 0.0403. The molecule has 0 radical (unpaired) electrons. The summed E-state index contributed by atoms with van der Waals surface area (Å²) in [5, 5.41) is -3.95. The molecule has 0 fully saturated rings. The van der Waals surface area contributed by atoms with Gasteiger partial charge in [0.05, 0.1) is 4.90 Å². The Morgan fingerprint density at radius 2 is 1.56 bits per heavy atom. The monoisotopic (exact) mass is 435 g/mol. The van der Waals surface area contributed by atoms with E-state index < -0.39 is 42.1 Å². The predicted molar refractivity (Wildman–Crippen MR) is 104 cm³/mol. The number of sulfone groups is 1.